The Balaban J connectivity index is 1.87. The number of esters is 1. The number of methoxy groups -OCH3 is 1. The molecule has 28 heavy (non-hydrogen) atoms. The van der Waals surface area contributed by atoms with Crippen LogP contribution < -0.4 is 5.32 Å². The summed E-state index contributed by atoms with van der Waals surface area (Å²) >= 11 is 0. The van der Waals surface area contributed by atoms with Gasteiger partial charge in [0.25, 0.3) is 17.7 Å². The van der Waals surface area contributed by atoms with Crippen LogP contribution in [0.25, 0.3) is 0 Å². The van der Waals surface area contributed by atoms with Gasteiger partial charge in [0.2, 0.25) is 0 Å². The Labute approximate surface area is 162 Å². The Morgan fingerprint density at radius 2 is 1.71 bits per heavy atom. The van der Waals surface area contributed by atoms with E-state index in [1.54, 1.807) is 18.2 Å². The average Bonchev–Trinajstić information content (AvgIpc) is 2.91. The quantitative estimate of drug-likeness (QED) is 0.636. The largest absolute Gasteiger partial charge is 0.465 e. The number of hydrogen-bond donors (Lipinski definition) is 1. The Morgan fingerprint density at radius 3 is 2.39 bits per heavy atom. The summed E-state index contributed by atoms with van der Waals surface area (Å²) in [7, 11) is 1.26. The van der Waals surface area contributed by atoms with Gasteiger partial charge in [0.05, 0.1) is 29.5 Å². The molecule has 1 aliphatic heterocycles. The standard InChI is InChI=1S/C21H20N2O5/c1-12(2)11-23-19(25)14-9-8-13(10-16(14)20(23)26)18(24)22-17-7-5-4-6-15(17)21(27)28-3/h4-10,12H,11H2,1-3H3,(H,22,24). The normalized spacial score (nSPS) is 12.9. The minimum Gasteiger partial charge on any atom is -0.465 e. The number of nitrogens with one attached hydrogen (secondary N) is 1. The van der Waals surface area contributed by atoms with E-state index in [0.717, 1.165) is 0 Å². The number of rotatable bonds is 5. The lowest BCUT2D eigenvalue weighted by Gasteiger charge is -2.15. The molecule has 2 aromatic rings. The van der Waals surface area contributed by atoms with E-state index in [9.17, 15) is 19.2 Å². The van der Waals surface area contributed by atoms with E-state index in [1.807, 2.05) is 13.8 Å². The van der Waals surface area contributed by atoms with Crippen LogP contribution in [0.5, 0.6) is 0 Å². The van der Waals surface area contributed by atoms with Crippen molar-refractivity contribution in [3.05, 3.63) is 64.7 Å². The van der Waals surface area contributed by atoms with Gasteiger partial charge in [-0.2, -0.15) is 0 Å². The van der Waals surface area contributed by atoms with Gasteiger partial charge in [-0.1, -0.05) is 26.0 Å². The van der Waals surface area contributed by atoms with Crippen molar-refractivity contribution in [1.29, 1.82) is 0 Å². The maximum absolute atomic E-state index is 12.7. The molecule has 0 atom stereocenters. The van der Waals surface area contributed by atoms with Crippen LogP contribution in [0.4, 0.5) is 5.69 Å². The number of fused-ring (bicyclic) bond motifs is 1. The number of carbonyl (C=O) groups is 4. The first-order chi connectivity index (χ1) is 13.3. The summed E-state index contributed by atoms with van der Waals surface area (Å²) in [6.45, 7) is 4.16. The number of para-hydroxylation sites is 1. The van der Waals surface area contributed by atoms with Crippen molar-refractivity contribution in [3.63, 3.8) is 0 Å². The predicted octanol–water partition coefficient (Wildman–Crippen LogP) is 2.98. The van der Waals surface area contributed by atoms with Gasteiger partial charge < -0.3 is 10.1 Å². The highest BCUT2D eigenvalue weighted by molar-refractivity contribution is 6.22. The second kappa shape index (κ2) is 7.64. The molecule has 0 spiro atoms. The SMILES string of the molecule is COC(=O)c1ccccc1NC(=O)c1ccc2c(c1)C(=O)N(CC(C)C)C2=O. The zero-order chi connectivity index (χ0) is 20.4. The number of imide groups is 1. The molecule has 0 saturated heterocycles. The zero-order valence-electron chi connectivity index (χ0n) is 15.8. The minimum atomic E-state index is -0.574. The highest BCUT2D eigenvalue weighted by Gasteiger charge is 2.36. The van der Waals surface area contributed by atoms with Gasteiger partial charge in [0.15, 0.2) is 0 Å². The summed E-state index contributed by atoms with van der Waals surface area (Å²) in [5.74, 6) is -1.69. The van der Waals surface area contributed by atoms with Crippen molar-refractivity contribution in [3.8, 4) is 0 Å². The Morgan fingerprint density at radius 1 is 1.04 bits per heavy atom. The van der Waals surface area contributed by atoms with Crippen LogP contribution in [0.3, 0.4) is 0 Å². The number of anilines is 1. The van der Waals surface area contributed by atoms with Crippen LogP contribution in [0, 0.1) is 5.92 Å². The van der Waals surface area contributed by atoms with E-state index >= 15 is 0 Å². The summed E-state index contributed by atoms with van der Waals surface area (Å²) in [6, 6.07) is 10.8. The summed E-state index contributed by atoms with van der Waals surface area (Å²) < 4.78 is 4.72. The number of nitrogens with zero attached hydrogens (tertiary/aromatic N) is 1. The molecule has 7 nitrogen and oxygen atoms in total. The molecular weight excluding hydrogens is 360 g/mol. The molecule has 2 aromatic carbocycles. The molecule has 3 rings (SSSR count). The monoisotopic (exact) mass is 380 g/mol. The van der Waals surface area contributed by atoms with E-state index in [2.05, 4.69) is 5.32 Å². The van der Waals surface area contributed by atoms with Gasteiger partial charge >= 0.3 is 5.97 Å². The number of benzene rings is 2. The van der Waals surface area contributed by atoms with E-state index in [4.69, 9.17) is 4.74 Å². The number of carbonyl (C=O) groups excluding carboxylic acids is 4. The minimum absolute atomic E-state index is 0.139. The fourth-order valence-corrected chi connectivity index (χ4v) is 3.04. The molecule has 0 radical (unpaired) electrons. The van der Waals surface area contributed by atoms with Crippen LogP contribution in [0.1, 0.15) is 55.3 Å². The van der Waals surface area contributed by atoms with E-state index in [1.165, 1.54) is 36.3 Å². The summed E-state index contributed by atoms with van der Waals surface area (Å²) in [5, 5.41) is 2.65. The second-order valence-corrected chi connectivity index (χ2v) is 6.87. The molecule has 0 saturated carbocycles. The van der Waals surface area contributed by atoms with Gasteiger partial charge in [-0.3, -0.25) is 19.3 Å². The number of hydrogen-bond acceptors (Lipinski definition) is 5. The van der Waals surface area contributed by atoms with Gasteiger partial charge in [-0.05, 0) is 36.2 Å². The fourth-order valence-electron chi connectivity index (χ4n) is 3.04. The first-order valence-electron chi connectivity index (χ1n) is 8.82. The van der Waals surface area contributed by atoms with Crippen molar-refractivity contribution in [2.24, 2.45) is 5.92 Å². The van der Waals surface area contributed by atoms with E-state index in [0.29, 0.717) is 12.2 Å². The molecule has 3 amide bonds. The molecule has 1 N–H and O–H groups in total. The van der Waals surface area contributed by atoms with Crippen molar-refractivity contribution in [2.45, 2.75) is 13.8 Å². The summed E-state index contributed by atoms with van der Waals surface area (Å²) in [5.41, 5.74) is 1.22. The summed E-state index contributed by atoms with van der Waals surface area (Å²) in [6.07, 6.45) is 0. The maximum Gasteiger partial charge on any atom is 0.339 e. The smallest absolute Gasteiger partial charge is 0.339 e. The third kappa shape index (κ3) is 3.51. The van der Waals surface area contributed by atoms with Crippen molar-refractivity contribution >= 4 is 29.4 Å². The number of amides is 3. The van der Waals surface area contributed by atoms with Gasteiger partial charge in [0, 0.05) is 12.1 Å². The number of ether oxygens (including phenoxy) is 1. The van der Waals surface area contributed by atoms with Crippen molar-refractivity contribution in [1.82, 2.24) is 4.90 Å². The van der Waals surface area contributed by atoms with Crippen LogP contribution >= 0.6 is 0 Å². The highest BCUT2D eigenvalue weighted by atomic mass is 16.5. The molecule has 0 aromatic heterocycles. The average molecular weight is 380 g/mol. The molecule has 144 valence electrons. The highest BCUT2D eigenvalue weighted by Crippen LogP contribution is 2.25. The van der Waals surface area contributed by atoms with Crippen LogP contribution in [-0.4, -0.2) is 42.2 Å². The lowest BCUT2D eigenvalue weighted by Crippen LogP contribution is -2.33. The van der Waals surface area contributed by atoms with E-state index < -0.39 is 17.8 Å². The molecule has 0 unspecified atom stereocenters. The Bertz CT molecular complexity index is 981. The molecule has 0 fully saturated rings. The molecule has 7 heteroatoms. The lowest BCUT2D eigenvalue weighted by atomic mass is 10.0. The summed E-state index contributed by atoms with van der Waals surface area (Å²) in [4.78, 5) is 50.7. The van der Waals surface area contributed by atoms with Gasteiger partial charge in [-0.15, -0.1) is 0 Å². The van der Waals surface area contributed by atoms with E-state index in [-0.39, 0.29) is 34.1 Å². The first-order valence-corrected chi connectivity index (χ1v) is 8.82. The molecule has 0 aliphatic carbocycles. The van der Waals surface area contributed by atoms with Crippen LogP contribution in [0.2, 0.25) is 0 Å². The second-order valence-electron chi connectivity index (χ2n) is 6.87. The Hall–Kier alpha value is -3.48. The lowest BCUT2D eigenvalue weighted by molar-refractivity contribution is 0.0598. The molecule has 0 bridgehead atoms. The topological polar surface area (TPSA) is 92.8 Å². The van der Waals surface area contributed by atoms with Gasteiger partial charge in [-0.25, -0.2) is 4.79 Å². The van der Waals surface area contributed by atoms with Crippen LogP contribution in [0.15, 0.2) is 42.5 Å². The third-order valence-electron chi connectivity index (χ3n) is 4.36. The predicted molar refractivity (Wildman–Crippen MR) is 102 cm³/mol. The van der Waals surface area contributed by atoms with Crippen LogP contribution in [-0.2, 0) is 4.74 Å². The van der Waals surface area contributed by atoms with Crippen molar-refractivity contribution < 1.29 is 23.9 Å². The zero-order valence-corrected chi connectivity index (χ0v) is 15.8. The third-order valence-corrected chi connectivity index (χ3v) is 4.36. The first kappa shape index (κ1) is 19.3. The molecule has 1 heterocycles. The molecular formula is C21H20N2O5. The maximum atomic E-state index is 12.7. The Kier molecular flexibility index (Phi) is 5.26. The van der Waals surface area contributed by atoms with Gasteiger partial charge in [0.1, 0.15) is 0 Å². The molecule has 1 aliphatic rings. The fraction of sp³-hybridized carbons (Fsp3) is 0.238. The van der Waals surface area contributed by atoms with Crippen molar-refractivity contribution in [2.75, 3.05) is 19.0 Å².